The highest BCUT2D eigenvalue weighted by Crippen LogP contribution is 2.21. The van der Waals surface area contributed by atoms with Crippen LogP contribution in [0.3, 0.4) is 0 Å². The van der Waals surface area contributed by atoms with Gasteiger partial charge in [-0.15, -0.1) is 0 Å². The Bertz CT molecular complexity index is 434. The summed E-state index contributed by atoms with van der Waals surface area (Å²) >= 11 is 0. The smallest absolute Gasteiger partial charge is 0.224 e. The maximum absolute atomic E-state index is 9.21. The summed E-state index contributed by atoms with van der Waals surface area (Å²) in [6, 6.07) is 5.20. The summed E-state index contributed by atoms with van der Waals surface area (Å²) in [4.78, 5) is 4.08. The number of nitrogens with two attached hydrogens (primary N) is 1. The van der Waals surface area contributed by atoms with Crippen LogP contribution < -0.4 is 5.73 Å². The number of hydrogen-bond donors (Lipinski definition) is 2. The van der Waals surface area contributed by atoms with Crippen molar-refractivity contribution in [2.45, 2.75) is 13.0 Å². The Hall–Kier alpha value is -1.55. The van der Waals surface area contributed by atoms with Crippen LogP contribution in [-0.2, 0) is 0 Å². The summed E-state index contributed by atoms with van der Waals surface area (Å²) < 4.78 is 5.27. The molecule has 1 aromatic carbocycles. The van der Waals surface area contributed by atoms with Gasteiger partial charge in [0.05, 0.1) is 0 Å². The molecule has 13 heavy (non-hydrogen) atoms. The van der Waals surface area contributed by atoms with E-state index in [1.165, 1.54) is 0 Å². The maximum atomic E-state index is 9.21. The highest BCUT2D eigenvalue weighted by Gasteiger charge is 2.09. The molecule has 0 fully saturated rings. The van der Waals surface area contributed by atoms with Gasteiger partial charge in [0, 0.05) is 11.8 Å². The molecule has 0 aliphatic carbocycles. The fraction of sp³-hybridized carbons (Fsp3) is 0.222. The van der Waals surface area contributed by atoms with Gasteiger partial charge in [-0.2, -0.15) is 0 Å². The molecule has 0 unspecified atom stereocenters. The normalized spacial score (nSPS) is 13.4. The number of anilines is 1. The molecule has 1 heterocycles. The predicted octanol–water partition coefficient (Wildman–Crippen LogP) is 1.46. The molecule has 0 saturated heterocycles. The van der Waals surface area contributed by atoms with Crippen molar-refractivity contribution in [3.05, 3.63) is 24.1 Å². The van der Waals surface area contributed by atoms with E-state index in [0.717, 1.165) is 0 Å². The third-order valence-electron chi connectivity index (χ3n) is 1.79. The van der Waals surface area contributed by atoms with E-state index in [0.29, 0.717) is 22.7 Å². The summed E-state index contributed by atoms with van der Waals surface area (Å²) in [5.74, 6) is 0.320. The molecule has 2 rings (SSSR count). The highest BCUT2D eigenvalue weighted by molar-refractivity contribution is 5.76. The molecular formula is C9H10N2O2. The number of nitrogens with zero attached hydrogens (tertiary/aromatic N) is 1. The minimum Gasteiger partial charge on any atom is -0.438 e. The number of aliphatic hydroxyl groups excluding tert-OH is 1. The van der Waals surface area contributed by atoms with Crippen molar-refractivity contribution in [2.75, 3.05) is 5.73 Å². The van der Waals surface area contributed by atoms with Gasteiger partial charge in [0.1, 0.15) is 11.6 Å². The molecule has 0 aliphatic heterocycles. The SMILES string of the molecule is C[C@H](O)c1nc2ccc(N)cc2o1. The van der Waals surface area contributed by atoms with Crippen molar-refractivity contribution in [1.82, 2.24) is 4.98 Å². The van der Waals surface area contributed by atoms with Gasteiger partial charge in [-0.25, -0.2) is 4.98 Å². The van der Waals surface area contributed by atoms with Gasteiger partial charge < -0.3 is 15.3 Å². The third-order valence-corrected chi connectivity index (χ3v) is 1.79. The van der Waals surface area contributed by atoms with Crippen molar-refractivity contribution in [1.29, 1.82) is 0 Å². The second kappa shape index (κ2) is 2.74. The summed E-state index contributed by atoms with van der Waals surface area (Å²) in [6.45, 7) is 1.61. The molecule has 3 N–H and O–H groups in total. The Kier molecular flexibility index (Phi) is 1.70. The van der Waals surface area contributed by atoms with E-state index in [4.69, 9.17) is 10.2 Å². The molecule has 68 valence electrons. The monoisotopic (exact) mass is 178 g/mol. The van der Waals surface area contributed by atoms with Crippen LogP contribution >= 0.6 is 0 Å². The molecule has 0 bridgehead atoms. The first-order valence-electron chi connectivity index (χ1n) is 4.01. The Balaban J connectivity index is 2.62. The van der Waals surface area contributed by atoms with Crippen LogP contribution in [0, 0.1) is 0 Å². The summed E-state index contributed by atoms with van der Waals surface area (Å²) in [5.41, 5.74) is 7.51. The number of aliphatic hydroxyl groups is 1. The van der Waals surface area contributed by atoms with Crippen molar-refractivity contribution >= 4 is 16.8 Å². The molecule has 1 aromatic heterocycles. The van der Waals surface area contributed by atoms with E-state index in [1.807, 2.05) is 0 Å². The molecule has 0 aliphatic rings. The van der Waals surface area contributed by atoms with Crippen molar-refractivity contribution < 1.29 is 9.52 Å². The number of aromatic nitrogens is 1. The quantitative estimate of drug-likeness (QED) is 0.648. The first kappa shape index (κ1) is 8.07. The zero-order chi connectivity index (χ0) is 9.42. The van der Waals surface area contributed by atoms with Gasteiger partial charge in [0.2, 0.25) is 5.89 Å². The lowest BCUT2D eigenvalue weighted by Crippen LogP contribution is -1.88. The number of oxazole rings is 1. The van der Waals surface area contributed by atoms with Gasteiger partial charge >= 0.3 is 0 Å². The van der Waals surface area contributed by atoms with Crippen LogP contribution in [0.2, 0.25) is 0 Å². The van der Waals surface area contributed by atoms with Crippen LogP contribution in [-0.4, -0.2) is 10.1 Å². The predicted molar refractivity (Wildman–Crippen MR) is 49.1 cm³/mol. The van der Waals surface area contributed by atoms with E-state index in [9.17, 15) is 5.11 Å². The minimum absolute atomic E-state index is 0.320. The molecule has 2 aromatic rings. The maximum Gasteiger partial charge on any atom is 0.224 e. The summed E-state index contributed by atoms with van der Waals surface area (Å²) in [6.07, 6.45) is -0.686. The summed E-state index contributed by atoms with van der Waals surface area (Å²) in [7, 11) is 0. The van der Waals surface area contributed by atoms with E-state index in [1.54, 1.807) is 25.1 Å². The van der Waals surface area contributed by atoms with Crippen LogP contribution in [0.15, 0.2) is 22.6 Å². The first-order chi connectivity index (χ1) is 6.16. The Morgan fingerprint density at radius 1 is 1.54 bits per heavy atom. The van der Waals surface area contributed by atoms with Crippen LogP contribution in [0.4, 0.5) is 5.69 Å². The average Bonchev–Trinajstić information content (AvgIpc) is 2.46. The van der Waals surface area contributed by atoms with Crippen molar-refractivity contribution in [3.8, 4) is 0 Å². The first-order valence-corrected chi connectivity index (χ1v) is 4.01. The second-order valence-electron chi connectivity index (χ2n) is 2.96. The van der Waals surface area contributed by atoms with Crippen LogP contribution in [0.5, 0.6) is 0 Å². The standard InChI is InChI=1S/C9H10N2O2/c1-5(12)9-11-7-3-2-6(10)4-8(7)13-9/h2-5,12H,10H2,1H3/t5-/m0/s1. The van der Waals surface area contributed by atoms with E-state index in [-0.39, 0.29) is 0 Å². The fourth-order valence-electron chi connectivity index (χ4n) is 1.14. The minimum atomic E-state index is -0.686. The number of fused-ring (bicyclic) bond motifs is 1. The van der Waals surface area contributed by atoms with Gasteiger partial charge in [0.15, 0.2) is 5.58 Å². The number of nitrogen functional groups attached to an aromatic ring is 1. The molecule has 0 radical (unpaired) electrons. The van der Waals surface area contributed by atoms with Gasteiger partial charge in [-0.3, -0.25) is 0 Å². The molecule has 4 heteroatoms. The molecule has 1 atom stereocenters. The van der Waals surface area contributed by atoms with Crippen LogP contribution in [0.1, 0.15) is 18.9 Å². The second-order valence-corrected chi connectivity index (χ2v) is 2.96. The third kappa shape index (κ3) is 1.36. The lowest BCUT2D eigenvalue weighted by atomic mass is 10.3. The average molecular weight is 178 g/mol. The zero-order valence-corrected chi connectivity index (χ0v) is 7.19. The Morgan fingerprint density at radius 3 is 3.00 bits per heavy atom. The molecular weight excluding hydrogens is 168 g/mol. The Labute approximate surface area is 75.0 Å². The van der Waals surface area contributed by atoms with Gasteiger partial charge in [-0.1, -0.05) is 0 Å². The molecule has 0 amide bonds. The lowest BCUT2D eigenvalue weighted by molar-refractivity contribution is 0.165. The summed E-state index contributed by atoms with van der Waals surface area (Å²) in [5, 5.41) is 9.21. The largest absolute Gasteiger partial charge is 0.438 e. The topological polar surface area (TPSA) is 72.3 Å². The molecule has 4 nitrogen and oxygen atoms in total. The van der Waals surface area contributed by atoms with E-state index >= 15 is 0 Å². The molecule has 0 saturated carbocycles. The lowest BCUT2D eigenvalue weighted by Gasteiger charge is -1.93. The Morgan fingerprint density at radius 2 is 2.31 bits per heavy atom. The van der Waals surface area contributed by atoms with E-state index in [2.05, 4.69) is 4.98 Å². The fourth-order valence-corrected chi connectivity index (χ4v) is 1.14. The van der Waals surface area contributed by atoms with Gasteiger partial charge in [-0.05, 0) is 19.1 Å². The number of benzene rings is 1. The number of rotatable bonds is 1. The molecule has 0 spiro atoms. The van der Waals surface area contributed by atoms with Crippen molar-refractivity contribution in [3.63, 3.8) is 0 Å². The number of hydrogen-bond acceptors (Lipinski definition) is 4. The highest BCUT2D eigenvalue weighted by atomic mass is 16.4. The van der Waals surface area contributed by atoms with Crippen LogP contribution in [0.25, 0.3) is 11.1 Å². The van der Waals surface area contributed by atoms with Gasteiger partial charge in [0.25, 0.3) is 0 Å². The van der Waals surface area contributed by atoms with E-state index < -0.39 is 6.10 Å². The zero-order valence-electron chi connectivity index (χ0n) is 7.19. The van der Waals surface area contributed by atoms with Crippen molar-refractivity contribution in [2.24, 2.45) is 0 Å².